The number of benzene rings is 2. The number of ether oxygens (including phenoxy) is 1. The van der Waals surface area contributed by atoms with E-state index in [4.69, 9.17) is 4.74 Å². The summed E-state index contributed by atoms with van der Waals surface area (Å²) >= 11 is 0. The number of carbonyl (C=O) groups is 1. The van der Waals surface area contributed by atoms with Gasteiger partial charge in [0.05, 0.1) is 18.5 Å². The highest BCUT2D eigenvalue weighted by atomic mass is 32.2. The normalized spacial score (nSPS) is 16.7. The summed E-state index contributed by atoms with van der Waals surface area (Å²) in [6, 6.07) is 14.8. The van der Waals surface area contributed by atoms with Crippen LogP contribution in [0.25, 0.3) is 0 Å². The number of amides is 1. The number of sulfonamides is 1. The highest BCUT2D eigenvalue weighted by molar-refractivity contribution is 7.92. The second kappa shape index (κ2) is 6.76. The fourth-order valence-corrected chi connectivity index (χ4v) is 3.62. The zero-order valence-electron chi connectivity index (χ0n) is 14.1. The van der Waals surface area contributed by atoms with Gasteiger partial charge in [0.2, 0.25) is 10.0 Å². The summed E-state index contributed by atoms with van der Waals surface area (Å²) in [4.78, 5) is 12.5. The Hall–Kier alpha value is -2.54. The number of rotatable bonds is 4. The second-order valence-electron chi connectivity index (χ2n) is 6.08. The van der Waals surface area contributed by atoms with Crippen molar-refractivity contribution in [3.05, 3.63) is 59.7 Å². The molecule has 1 heterocycles. The lowest BCUT2D eigenvalue weighted by molar-refractivity contribution is -0.127. The quantitative estimate of drug-likeness (QED) is 0.903. The van der Waals surface area contributed by atoms with Gasteiger partial charge in [-0.25, -0.2) is 8.42 Å². The number of carbonyl (C=O) groups excluding carboxylic acids is 1. The number of hydrogen-bond donors (Lipinski definition) is 1. The monoisotopic (exact) mass is 360 g/mol. The van der Waals surface area contributed by atoms with Crippen molar-refractivity contribution >= 4 is 21.6 Å². The Balaban J connectivity index is 1.79. The Morgan fingerprint density at radius 2 is 1.96 bits per heavy atom. The molecule has 1 atom stereocenters. The van der Waals surface area contributed by atoms with Gasteiger partial charge in [-0.15, -0.1) is 0 Å². The standard InChI is InChI=1S/C18H20N2O4S/c1-13-8-9-16-15(10-13)20(25(2,22)23)12-17(24-16)18(21)19-11-14-6-4-3-5-7-14/h3-10,17H,11-12H2,1-2H3,(H,19,21)/t17-/m0/s1. The fraction of sp³-hybridized carbons (Fsp3) is 0.278. The number of fused-ring (bicyclic) bond motifs is 1. The molecule has 0 bridgehead atoms. The average molecular weight is 360 g/mol. The molecule has 7 heteroatoms. The largest absolute Gasteiger partial charge is 0.476 e. The van der Waals surface area contributed by atoms with Gasteiger partial charge < -0.3 is 10.1 Å². The molecule has 6 nitrogen and oxygen atoms in total. The van der Waals surface area contributed by atoms with E-state index in [1.807, 2.05) is 43.3 Å². The molecule has 2 aromatic carbocycles. The predicted octanol–water partition coefficient (Wildman–Crippen LogP) is 1.84. The maximum Gasteiger partial charge on any atom is 0.263 e. The van der Waals surface area contributed by atoms with E-state index in [1.54, 1.807) is 12.1 Å². The minimum Gasteiger partial charge on any atom is -0.476 e. The molecule has 1 N–H and O–H groups in total. The van der Waals surface area contributed by atoms with Crippen LogP contribution in [0.15, 0.2) is 48.5 Å². The molecule has 0 aromatic heterocycles. The lowest BCUT2D eigenvalue weighted by Crippen LogP contribution is -2.50. The summed E-state index contributed by atoms with van der Waals surface area (Å²) in [7, 11) is -3.52. The van der Waals surface area contributed by atoms with Crippen LogP contribution in [0, 0.1) is 6.92 Å². The highest BCUT2D eigenvalue weighted by Gasteiger charge is 2.34. The van der Waals surface area contributed by atoms with Gasteiger partial charge in [0.15, 0.2) is 6.10 Å². The Bertz CT molecular complexity index is 881. The summed E-state index contributed by atoms with van der Waals surface area (Å²) in [6.07, 6.45) is 0.234. The summed E-state index contributed by atoms with van der Waals surface area (Å²) in [5, 5.41) is 2.80. The molecule has 0 spiro atoms. The molecule has 0 fully saturated rings. The molecule has 0 saturated carbocycles. The molecule has 1 amide bonds. The zero-order valence-corrected chi connectivity index (χ0v) is 14.9. The van der Waals surface area contributed by atoms with Gasteiger partial charge in [0.25, 0.3) is 5.91 Å². The van der Waals surface area contributed by atoms with Gasteiger partial charge in [0.1, 0.15) is 5.75 Å². The lowest BCUT2D eigenvalue weighted by atomic mass is 10.1. The topological polar surface area (TPSA) is 75.7 Å². The molecule has 0 aliphatic carbocycles. The van der Waals surface area contributed by atoms with Crippen molar-refractivity contribution in [2.75, 3.05) is 17.1 Å². The maximum absolute atomic E-state index is 12.5. The Labute approximate surface area is 147 Å². The molecule has 1 aliphatic heterocycles. The first-order valence-corrected chi connectivity index (χ1v) is 9.76. The molecule has 2 aromatic rings. The van der Waals surface area contributed by atoms with E-state index in [-0.39, 0.29) is 12.5 Å². The van der Waals surface area contributed by atoms with Crippen molar-refractivity contribution in [1.29, 1.82) is 0 Å². The summed E-state index contributed by atoms with van der Waals surface area (Å²) < 4.78 is 31.3. The number of nitrogens with zero attached hydrogens (tertiary/aromatic N) is 1. The van der Waals surface area contributed by atoms with Crippen LogP contribution in [0.4, 0.5) is 5.69 Å². The SMILES string of the molecule is Cc1ccc2c(c1)N(S(C)(=O)=O)C[C@@H](C(=O)NCc1ccccc1)O2. The van der Waals surface area contributed by atoms with Gasteiger partial charge in [-0.05, 0) is 30.2 Å². The highest BCUT2D eigenvalue weighted by Crippen LogP contribution is 2.35. The third kappa shape index (κ3) is 3.93. The van der Waals surface area contributed by atoms with E-state index in [0.29, 0.717) is 18.0 Å². The molecule has 132 valence electrons. The van der Waals surface area contributed by atoms with E-state index >= 15 is 0 Å². The van der Waals surface area contributed by atoms with E-state index in [9.17, 15) is 13.2 Å². The zero-order chi connectivity index (χ0) is 18.0. The summed E-state index contributed by atoms with van der Waals surface area (Å²) in [5.74, 6) is 0.0471. The van der Waals surface area contributed by atoms with Crippen molar-refractivity contribution in [3.63, 3.8) is 0 Å². The molecule has 25 heavy (non-hydrogen) atoms. The number of aryl methyl sites for hydroxylation is 1. The Kier molecular flexibility index (Phi) is 4.67. The van der Waals surface area contributed by atoms with Gasteiger partial charge in [0, 0.05) is 6.54 Å². The van der Waals surface area contributed by atoms with Crippen molar-refractivity contribution < 1.29 is 17.9 Å². The van der Waals surface area contributed by atoms with Gasteiger partial charge in [-0.1, -0.05) is 36.4 Å². The van der Waals surface area contributed by atoms with E-state index in [2.05, 4.69) is 5.32 Å². The number of hydrogen-bond acceptors (Lipinski definition) is 4. The minimum absolute atomic E-state index is 0.0457. The van der Waals surface area contributed by atoms with E-state index in [0.717, 1.165) is 17.4 Å². The average Bonchev–Trinajstić information content (AvgIpc) is 2.58. The Morgan fingerprint density at radius 1 is 1.24 bits per heavy atom. The van der Waals surface area contributed by atoms with E-state index < -0.39 is 16.1 Å². The van der Waals surface area contributed by atoms with Crippen molar-refractivity contribution in [2.24, 2.45) is 0 Å². The van der Waals surface area contributed by atoms with Crippen LogP contribution in [-0.4, -0.2) is 33.2 Å². The molecular weight excluding hydrogens is 340 g/mol. The minimum atomic E-state index is -3.52. The Morgan fingerprint density at radius 3 is 2.64 bits per heavy atom. The molecule has 0 saturated heterocycles. The van der Waals surface area contributed by atoms with Crippen LogP contribution in [0.3, 0.4) is 0 Å². The smallest absolute Gasteiger partial charge is 0.263 e. The predicted molar refractivity (Wildman–Crippen MR) is 96.1 cm³/mol. The van der Waals surface area contributed by atoms with Gasteiger partial charge in [-0.3, -0.25) is 9.10 Å². The first-order chi connectivity index (χ1) is 11.8. The lowest BCUT2D eigenvalue weighted by Gasteiger charge is -2.34. The van der Waals surface area contributed by atoms with Crippen LogP contribution in [-0.2, 0) is 21.4 Å². The first-order valence-electron chi connectivity index (χ1n) is 7.91. The molecule has 3 rings (SSSR count). The molecule has 1 aliphatic rings. The van der Waals surface area contributed by atoms with Crippen LogP contribution in [0.5, 0.6) is 5.75 Å². The van der Waals surface area contributed by atoms with Crippen molar-refractivity contribution in [3.8, 4) is 5.75 Å². The van der Waals surface area contributed by atoms with Crippen molar-refractivity contribution in [2.45, 2.75) is 19.6 Å². The third-order valence-corrected chi connectivity index (χ3v) is 5.13. The summed E-state index contributed by atoms with van der Waals surface area (Å²) in [6.45, 7) is 2.19. The third-order valence-electron chi connectivity index (χ3n) is 3.99. The number of anilines is 1. The number of nitrogens with one attached hydrogen (secondary N) is 1. The van der Waals surface area contributed by atoms with Crippen LogP contribution < -0.4 is 14.4 Å². The van der Waals surface area contributed by atoms with Crippen LogP contribution >= 0.6 is 0 Å². The van der Waals surface area contributed by atoms with Crippen LogP contribution in [0.2, 0.25) is 0 Å². The summed E-state index contributed by atoms with van der Waals surface area (Å²) in [5.41, 5.74) is 2.35. The molecule has 0 unspecified atom stereocenters. The van der Waals surface area contributed by atoms with E-state index in [1.165, 1.54) is 4.31 Å². The van der Waals surface area contributed by atoms with Gasteiger partial charge >= 0.3 is 0 Å². The molecular formula is C18H20N2O4S. The fourth-order valence-electron chi connectivity index (χ4n) is 2.71. The van der Waals surface area contributed by atoms with Crippen molar-refractivity contribution in [1.82, 2.24) is 5.32 Å². The van der Waals surface area contributed by atoms with Gasteiger partial charge in [-0.2, -0.15) is 0 Å². The molecule has 0 radical (unpaired) electrons. The van der Waals surface area contributed by atoms with Crippen LogP contribution in [0.1, 0.15) is 11.1 Å². The second-order valence-corrected chi connectivity index (χ2v) is 7.98. The first kappa shape index (κ1) is 17.3. The maximum atomic E-state index is 12.5.